The maximum atomic E-state index is 4.21. The van der Waals surface area contributed by atoms with Crippen molar-refractivity contribution in [3.8, 4) is 0 Å². The fourth-order valence-corrected chi connectivity index (χ4v) is 2.71. The van der Waals surface area contributed by atoms with E-state index in [-0.39, 0.29) is 0 Å². The Bertz CT molecular complexity index is 535. The average Bonchev–Trinajstić information content (AvgIpc) is 2.62. The minimum absolute atomic E-state index is 0.647. The molecule has 1 heterocycles. The summed E-state index contributed by atoms with van der Waals surface area (Å²) >= 11 is 5.90. The molecule has 5 heteroatoms. The van der Waals surface area contributed by atoms with Crippen LogP contribution in [0.3, 0.4) is 0 Å². The van der Waals surface area contributed by atoms with Gasteiger partial charge in [0.2, 0.25) is 0 Å². The minimum Gasteiger partial charge on any atom is -0.300 e. The molecule has 1 aromatic carbocycles. The lowest BCUT2D eigenvalue weighted by atomic mass is 10.1. The normalized spacial score (nSPS) is 10.8. The van der Waals surface area contributed by atoms with Gasteiger partial charge in [-0.15, -0.1) is 22.8 Å². The van der Waals surface area contributed by atoms with Crippen LogP contribution >= 0.6 is 24.4 Å². The summed E-state index contributed by atoms with van der Waals surface area (Å²) in [6.07, 6.45) is 0. The molecule has 0 N–H and O–H groups in total. The Morgan fingerprint density at radius 3 is 2.71 bits per heavy atom. The third-order valence-electron chi connectivity index (χ3n) is 2.67. The molecule has 0 bridgehead atoms. The largest absolute Gasteiger partial charge is 0.300 e. The van der Waals surface area contributed by atoms with Gasteiger partial charge in [-0.25, -0.2) is 0 Å². The summed E-state index contributed by atoms with van der Waals surface area (Å²) in [5, 5.41) is 9.55. The van der Waals surface area contributed by atoms with Gasteiger partial charge in [-0.2, -0.15) is 0 Å². The standard InChI is InChI=1S/C12H15N3S2/c1-8-4-5-9(2)10(6-8)7-17-12-14-13-11(16)15(12)3/h4-6H,7H2,1-3H3,(H,13,16). The molecular formula is C12H15N3S2. The molecule has 0 aliphatic heterocycles. The quantitative estimate of drug-likeness (QED) is 0.683. The van der Waals surface area contributed by atoms with E-state index in [1.165, 1.54) is 16.7 Å². The summed E-state index contributed by atoms with van der Waals surface area (Å²) in [6.45, 7) is 4.25. The maximum absolute atomic E-state index is 4.21. The first kappa shape index (κ1) is 12.5. The topological polar surface area (TPSA) is 30.7 Å². The number of rotatable bonds is 3. The van der Waals surface area contributed by atoms with Gasteiger partial charge in [0.1, 0.15) is 0 Å². The Balaban J connectivity index is 2.12. The van der Waals surface area contributed by atoms with Crippen molar-refractivity contribution in [1.82, 2.24) is 14.8 Å². The summed E-state index contributed by atoms with van der Waals surface area (Å²) < 4.78 is 1.89. The molecule has 90 valence electrons. The van der Waals surface area contributed by atoms with Crippen LogP contribution in [0.5, 0.6) is 0 Å². The lowest BCUT2D eigenvalue weighted by molar-refractivity contribution is 0.724. The van der Waals surface area contributed by atoms with E-state index in [2.05, 4.69) is 54.9 Å². The first-order valence-electron chi connectivity index (χ1n) is 5.35. The summed E-state index contributed by atoms with van der Waals surface area (Å²) in [5.74, 6) is 0.910. The zero-order valence-electron chi connectivity index (χ0n) is 10.1. The van der Waals surface area contributed by atoms with Crippen molar-refractivity contribution in [1.29, 1.82) is 0 Å². The number of hydrogen-bond acceptors (Lipinski definition) is 4. The molecule has 0 atom stereocenters. The SMILES string of the molecule is Cc1ccc(C)c(CSc2nnc(S)n2C)c1. The Morgan fingerprint density at radius 2 is 2.06 bits per heavy atom. The van der Waals surface area contributed by atoms with Crippen LogP contribution < -0.4 is 0 Å². The average molecular weight is 265 g/mol. The number of thiol groups is 1. The van der Waals surface area contributed by atoms with Crippen molar-refractivity contribution in [2.24, 2.45) is 7.05 Å². The fraction of sp³-hybridized carbons (Fsp3) is 0.333. The number of benzene rings is 1. The van der Waals surface area contributed by atoms with Crippen LogP contribution in [0.4, 0.5) is 0 Å². The molecule has 0 fully saturated rings. The maximum Gasteiger partial charge on any atom is 0.191 e. The van der Waals surface area contributed by atoms with Gasteiger partial charge < -0.3 is 4.57 Å². The van der Waals surface area contributed by atoms with E-state index < -0.39 is 0 Å². The van der Waals surface area contributed by atoms with Crippen LogP contribution in [-0.2, 0) is 12.8 Å². The molecular weight excluding hydrogens is 250 g/mol. The lowest BCUT2D eigenvalue weighted by Gasteiger charge is -2.06. The van der Waals surface area contributed by atoms with Crippen LogP contribution in [0, 0.1) is 13.8 Å². The number of nitrogens with zero attached hydrogens (tertiary/aromatic N) is 3. The fourth-order valence-electron chi connectivity index (χ4n) is 1.53. The Kier molecular flexibility index (Phi) is 3.79. The van der Waals surface area contributed by atoms with Gasteiger partial charge in [0.15, 0.2) is 10.3 Å². The van der Waals surface area contributed by atoms with E-state index in [4.69, 9.17) is 0 Å². The second kappa shape index (κ2) is 5.14. The van der Waals surface area contributed by atoms with E-state index in [1.807, 2.05) is 11.6 Å². The first-order valence-corrected chi connectivity index (χ1v) is 6.78. The number of aromatic nitrogens is 3. The molecule has 0 aliphatic carbocycles. The molecule has 2 aromatic rings. The molecule has 0 aliphatic rings. The van der Waals surface area contributed by atoms with Crippen molar-refractivity contribution in [3.05, 3.63) is 34.9 Å². The number of hydrogen-bond donors (Lipinski definition) is 1. The van der Waals surface area contributed by atoms with Gasteiger partial charge in [0.05, 0.1) is 0 Å². The van der Waals surface area contributed by atoms with Crippen LogP contribution in [-0.4, -0.2) is 14.8 Å². The summed E-state index contributed by atoms with van der Waals surface area (Å²) in [6, 6.07) is 6.52. The minimum atomic E-state index is 0.647. The van der Waals surface area contributed by atoms with Crippen molar-refractivity contribution in [2.75, 3.05) is 0 Å². The molecule has 0 saturated carbocycles. The van der Waals surface area contributed by atoms with Crippen LogP contribution in [0.15, 0.2) is 28.5 Å². The van der Waals surface area contributed by atoms with E-state index >= 15 is 0 Å². The third kappa shape index (κ3) is 2.84. The summed E-state index contributed by atoms with van der Waals surface area (Å²) in [4.78, 5) is 0. The highest BCUT2D eigenvalue weighted by Gasteiger charge is 2.07. The second-order valence-electron chi connectivity index (χ2n) is 4.06. The molecule has 0 unspecified atom stereocenters. The Labute approximate surface area is 111 Å². The third-order valence-corrected chi connectivity index (χ3v) is 4.13. The molecule has 0 spiro atoms. The van der Waals surface area contributed by atoms with Gasteiger partial charge in [0, 0.05) is 12.8 Å². The van der Waals surface area contributed by atoms with Gasteiger partial charge in [-0.1, -0.05) is 35.5 Å². The van der Waals surface area contributed by atoms with Crippen LogP contribution in [0.2, 0.25) is 0 Å². The van der Waals surface area contributed by atoms with E-state index in [9.17, 15) is 0 Å². The number of aryl methyl sites for hydroxylation is 2. The first-order chi connectivity index (χ1) is 8.08. The highest BCUT2D eigenvalue weighted by Crippen LogP contribution is 2.24. The zero-order valence-corrected chi connectivity index (χ0v) is 11.8. The smallest absolute Gasteiger partial charge is 0.191 e. The zero-order chi connectivity index (χ0) is 12.4. The molecule has 0 saturated heterocycles. The van der Waals surface area contributed by atoms with E-state index in [0.29, 0.717) is 5.16 Å². The Morgan fingerprint density at radius 1 is 1.29 bits per heavy atom. The molecule has 0 radical (unpaired) electrons. The molecule has 17 heavy (non-hydrogen) atoms. The monoisotopic (exact) mass is 265 g/mol. The molecule has 2 rings (SSSR count). The lowest BCUT2D eigenvalue weighted by Crippen LogP contribution is -1.93. The molecule has 3 nitrogen and oxygen atoms in total. The summed E-state index contributed by atoms with van der Waals surface area (Å²) in [7, 11) is 1.92. The van der Waals surface area contributed by atoms with Crippen LogP contribution in [0.1, 0.15) is 16.7 Å². The highest BCUT2D eigenvalue weighted by molar-refractivity contribution is 7.98. The van der Waals surface area contributed by atoms with Crippen molar-refractivity contribution >= 4 is 24.4 Å². The summed E-state index contributed by atoms with van der Waals surface area (Å²) in [5.41, 5.74) is 3.95. The molecule has 0 amide bonds. The van der Waals surface area contributed by atoms with Crippen molar-refractivity contribution in [2.45, 2.75) is 29.9 Å². The predicted octanol–water partition coefficient (Wildman–Crippen LogP) is 3.01. The number of thioether (sulfide) groups is 1. The van der Waals surface area contributed by atoms with Gasteiger partial charge in [-0.3, -0.25) is 0 Å². The predicted molar refractivity (Wildman–Crippen MR) is 73.7 cm³/mol. The van der Waals surface area contributed by atoms with Gasteiger partial charge in [-0.05, 0) is 25.0 Å². The van der Waals surface area contributed by atoms with E-state index in [0.717, 1.165) is 10.9 Å². The van der Waals surface area contributed by atoms with Gasteiger partial charge in [0.25, 0.3) is 0 Å². The van der Waals surface area contributed by atoms with E-state index in [1.54, 1.807) is 11.8 Å². The van der Waals surface area contributed by atoms with Crippen LogP contribution in [0.25, 0.3) is 0 Å². The Hall–Kier alpha value is -0.940. The second-order valence-corrected chi connectivity index (χ2v) is 5.40. The van der Waals surface area contributed by atoms with Crippen molar-refractivity contribution < 1.29 is 0 Å². The highest BCUT2D eigenvalue weighted by atomic mass is 32.2. The van der Waals surface area contributed by atoms with Crippen molar-refractivity contribution in [3.63, 3.8) is 0 Å². The molecule has 1 aromatic heterocycles. The van der Waals surface area contributed by atoms with Gasteiger partial charge >= 0.3 is 0 Å².